The average molecular weight is 249 g/mol. The molecule has 98 valence electrons. The molecule has 0 bridgehead atoms. The van der Waals surface area contributed by atoms with E-state index in [1.54, 1.807) is 12.1 Å². The van der Waals surface area contributed by atoms with E-state index < -0.39 is 0 Å². The van der Waals surface area contributed by atoms with Crippen molar-refractivity contribution in [3.05, 3.63) is 41.2 Å². The van der Waals surface area contributed by atoms with E-state index in [0.717, 1.165) is 24.0 Å². The van der Waals surface area contributed by atoms with Gasteiger partial charge in [0.05, 0.1) is 0 Å². The molecule has 0 radical (unpaired) electrons. The number of rotatable bonds is 5. The van der Waals surface area contributed by atoms with Crippen LogP contribution in [0.5, 0.6) is 0 Å². The van der Waals surface area contributed by atoms with E-state index in [1.807, 2.05) is 13.8 Å². The van der Waals surface area contributed by atoms with Gasteiger partial charge >= 0.3 is 0 Å². The fourth-order valence-corrected chi connectivity index (χ4v) is 1.73. The molecule has 1 aromatic rings. The molecule has 0 spiro atoms. The number of nitrogens with one attached hydrogen (secondary N) is 1. The molecule has 2 nitrogen and oxygen atoms in total. The second-order valence-electron chi connectivity index (χ2n) is 4.49. The maximum atomic E-state index is 12.9. The highest BCUT2D eigenvalue weighted by molar-refractivity contribution is 6.20. The summed E-state index contributed by atoms with van der Waals surface area (Å²) in [6, 6.07) is 6.02. The molecule has 18 heavy (non-hydrogen) atoms. The van der Waals surface area contributed by atoms with Gasteiger partial charge in [0.2, 0.25) is 0 Å². The molecule has 3 heteroatoms. The molecule has 1 rings (SSSR count). The molecule has 0 aliphatic carbocycles. The van der Waals surface area contributed by atoms with Crippen molar-refractivity contribution in [3.63, 3.8) is 0 Å². The molecule has 0 fully saturated rings. The van der Waals surface area contributed by atoms with Gasteiger partial charge in [0.25, 0.3) is 5.91 Å². The summed E-state index contributed by atoms with van der Waals surface area (Å²) in [4.78, 5) is 12.1. The summed E-state index contributed by atoms with van der Waals surface area (Å²) in [7, 11) is 0. The van der Waals surface area contributed by atoms with Crippen LogP contribution in [-0.2, 0) is 4.79 Å². The van der Waals surface area contributed by atoms with Crippen LogP contribution in [0.2, 0.25) is 0 Å². The van der Waals surface area contributed by atoms with Crippen molar-refractivity contribution in [3.8, 4) is 0 Å². The van der Waals surface area contributed by atoms with Crippen LogP contribution in [0.1, 0.15) is 39.2 Å². The molecule has 1 N–H and O–H groups in total. The van der Waals surface area contributed by atoms with E-state index >= 15 is 0 Å². The summed E-state index contributed by atoms with van der Waals surface area (Å²) in [5.74, 6) is -0.381. The van der Waals surface area contributed by atoms with Gasteiger partial charge in [-0.05, 0) is 38.0 Å². The second-order valence-corrected chi connectivity index (χ2v) is 4.49. The minimum atomic E-state index is -0.293. The predicted octanol–water partition coefficient (Wildman–Crippen LogP) is 3.54. The quantitative estimate of drug-likeness (QED) is 0.627. The fraction of sp³-hybridized carbons (Fsp3) is 0.400. The zero-order valence-corrected chi connectivity index (χ0v) is 11.2. The molecular weight excluding hydrogens is 229 g/mol. The van der Waals surface area contributed by atoms with Gasteiger partial charge in [0.15, 0.2) is 0 Å². The Bertz CT molecular complexity index is 430. The van der Waals surface area contributed by atoms with Crippen molar-refractivity contribution in [1.82, 2.24) is 5.32 Å². The van der Waals surface area contributed by atoms with Gasteiger partial charge in [-0.15, -0.1) is 0 Å². The number of amides is 1. The van der Waals surface area contributed by atoms with Gasteiger partial charge < -0.3 is 5.32 Å². The van der Waals surface area contributed by atoms with Crippen molar-refractivity contribution in [2.45, 2.75) is 33.6 Å². The first-order valence-corrected chi connectivity index (χ1v) is 6.28. The fourth-order valence-electron chi connectivity index (χ4n) is 1.73. The summed E-state index contributed by atoms with van der Waals surface area (Å²) in [5.41, 5.74) is 2.31. The van der Waals surface area contributed by atoms with E-state index in [0.29, 0.717) is 12.1 Å². The van der Waals surface area contributed by atoms with Crippen LogP contribution in [0.15, 0.2) is 29.8 Å². The first kappa shape index (κ1) is 14.4. The lowest BCUT2D eigenvalue weighted by atomic mass is 10.0. The predicted molar refractivity (Wildman–Crippen MR) is 72.6 cm³/mol. The largest absolute Gasteiger partial charge is 0.352 e. The Labute approximate surface area is 108 Å². The van der Waals surface area contributed by atoms with E-state index in [4.69, 9.17) is 0 Å². The van der Waals surface area contributed by atoms with Crippen LogP contribution in [0.3, 0.4) is 0 Å². The van der Waals surface area contributed by atoms with Crippen LogP contribution < -0.4 is 5.32 Å². The number of unbranched alkanes of at least 4 members (excludes halogenated alkanes) is 1. The van der Waals surface area contributed by atoms with E-state index in [-0.39, 0.29) is 11.7 Å². The lowest BCUT2D eigenvalue weighted by molar-refractivity contribution is -0.115. The molecule has 0 saturated heterocycles. The number of hydrogen-bond acceptors (Lipinski definition) is 1. The number of benzene rings is 1. The summed E-state index contributed by atoms with van der Waals surface area (Å²) in [6.45, 7) is 6.53. The Morgan fingerprint density at radius 2 is 1.83 bits per heavy atom. The number of allylic oxidation sites excluding steroid dienone is 1. The molecule has 0 aromatic heterocycles. The van der Waals surface area contributed by atoms with Gasteiger partial charge in [-0.3, -0.25) is 4.79 Å². The third kappa shape index (κ3) is 3.99. The first-order valence-electron chi connectivity index (χ1n) is 6.28. The van der Waals surface area contributed by atoms with Crippen molar-refractivity contribution in [2.75, 3.05) is 6.54 Å². The maximum absolute atomic E-state index is 12.9. The third-order valence-electron chi connectivity index (χ3n) is 2.68. The lowest BCUT2D eigenvalue weighted by Gasteiger charge is -2.11. The molecule has 0 heterocycles. The van der Waals surface area contributed by atoms with Crippen LogP contribution >= 0.6 is 0 Å². The van der Waals surface area contributed by atoms with Crippen molar-refractivity contribution < 1.29 is 9.18 Å². The number of carbonyl (C=O) groups is 1. The molecule has 0 atom stereocenters. The van der Waals surface area contributed by atoms with Crippen LogP contribution in [0, 0.1) is 5.82 Å². The van der Waals surface area contributed by atoms with Gasteiger partial charge in [-0.1, -0.05) is 31.1 Å². The molecule has 0 aliphatic heterocycles. The normalized spacial score (nSPS) is 10.0. The van der Waals surface area contributed by atoms with E-state index in [9.17, 15) is 9.18 Å². The number of carbonyl (C=O) groups excluding carboxylic acids is 1. The summed E-state index contributed by atoms with van der Waals surface area (Å²) < 4.78 is 12.9. The smallest absolute Gasteiger partial charge is 0.251 e. The molecule has 1 aromatic carbocycles. The summed E-state index contributed by atoms with van der Waals surface area (Å²) >= 11 is 0. The highest BCUT2D eigenvalue weighted by Gasteiger charge is 2.12. The Hall–Kier alpha value is -1.64. The molecular formula is C15H20FNO. The number of halogens is 1. The van der Waals surface area contributed by atoms with Crippen LogP contribution in [0.25, 0.3) is 5.57 Å². The minimum Gasteiger partial charge on any atom is -0.352 e. The van der Waals surface area contributed by atoms with Crippen LogP contribution in [-0.4, -0.2) is 12.5 Å². The van der Waals surface area contributed by atoms with Crippen molar-refractivity contribution in [1.29, 1.82) is 0 Å². The maximum Gasteiger partial charge on any atom is 0.251 e. The van der Waals surface area contributed by atoms with Crippen LogP contribution in [0.4, 0.5) is 4.39 Å². The second kappa shape index (κ2) is 6.94. The Morgan fingerprint density at radius 3 is 2.33 bits per heavy atom. The Kier molecular flexibility index (Phi) is 5.56. The van der Waals surface area contributed by atoms with Crippen molar-refractivity contribution in [2.24, 2.45) is 0 Å². The Balaban J connectivity index is 2.88. The van der Waals surface area contributed by atoms with Gasteiger partial charge in [0, 0.05) is 12.1 Å². The molecule has 1 amide bonds. The van der Waals surface area contributed by atoms with Gasteiger partial charge in [-0.25, -0.2) is 4.39 Å². The molecule has 0 saturated carbocycles. The van der Waals surface area contributed by atoms with E-state index in [2.05, 4.69) is 12.2 Å². The number of hydrogen-bond donors (Lipinski definition) is 1. The SMILES string of the molecule is CCCCNC(=O)C(=C(C)C)c1ccc(F)cc1. The zero-order valence-electron chi connectivity index (χ0n) is 11.2. The highest BCUT2D eigenvalue weighted by atomic mass is 19.1. The van der Waals surface area contributed by atoms with Gasteiger partial charge in [-0.2, -0.15) is 0 Å². The molecule has 0 unspecified atom stereocenters. The van der Waals surface area contributed by atoms with Crippen molar-refractivity contribution >= 4 is 11.5 Å². The van der Waals surface area contributed by atoms with E-state index in [1.165, 1.54) is 12.1 Å². The first-order chi connectivity index (χ1) is 8.56. The van der Waals surface area contributed by atoms with Gasteiger partial charge in [0.1, 0.15) is 5.82 Å². The topological polar surface area (TPSA) is 29.1 Å². The lowest BCUT2D eigenvalue weighted by Crippen LogP contribution is -2.25. The monoisotopic (exact) mass is 249 g/mol. The Morgan fingerprint density at radius 1 is 1.22 bits per heavy atom. The highest BCUT2D eigenvalue weighted by Crippen LogP contribution is 2.19. The minimum absolute atomic E-state index is 0.0879. The third-order valence-corrected chi connectivity index (χ3v) is 2.68. The molecule has 0 aliphatic rings. The average Bonchev–Trinajstić information content (AvgIpc) is 2.32. The summed E-state index contributed by atoms with van der Waals surface area (Å²) in [5, 5.41) is 2.89. The zero-order chi connectivity index (χ0) is 13.5. The summed E-state index contributed by atoms with van der Waals surface area (Å²) in [6.07, 6.45) is 2.01. The standard InChI is InChI=1S/C15H20FNO/c1-4-5-10-17-15(18)14(11(2)3)12-6-8-13(16)9-7-12/h6-9H,4-5,10H2,1-3H3,(H,17,18).